The fourth-order valence-corrected chi connectivity index (χ4v) is 3.44. The van der Waals surface area contributed by atoms with Crippen LogP contribution in [0.15, 0.2) is 18.2 Å². The zero-order valence-electron chi connectivity index (χ0n) is 15.1. The standard InChI is InChI=1S/C20H27N3O3/c24-19(15-2-1-3-15)22-16-6-7-17(20(25)21-13-14-4-5-14)18(12-16)23-8-10-26-11-9-23/h6-7,12,14-15H,1-5,8-11,13H2,(H,21,25)(H,22,24). The van der Waals surface area contributed by atoms with E-state index in [2.05, 4.69) is 15.5 Å². The van der Waals surface area contributed by atoms with Crippen LogP contribution in [0.2, 0.25) is 0 Å². The highest BCUT2D eigenvalue weighted by Gasteiger charge is 2.27. The van der Waals surface area contributed by atoms with Crippen LogP contribution in [0.4, 0.5) is 11.4 Å². The molecule has 6 nitrogen and oxygen atoms in total. The van der Waals surface area contributed by atoms with Crippen LogP contribution in [0.25, 0.3) is 0 Å². The molecule has 6 heteroatoms. The Morgan fingerprint density at radius 3 is 2.54 bits per heavy atom. The molecule has 2 N–H and O–H groups in total. The molecule has 1 saturated heterocycles. The molecule has 26 heavy (non-hydrogen) atoms. The molecule has 0 radical (unpaired) electrons. The number of nitrogens with zero attached hydrogens (tertiary/aromatic N) is 1. The smallest absolute Gasteiger partial charge is 0.253 e. The molecule has 1 aliphatic heterocycles. The maximum absolute atomic E-state index is 12.7. The number of anilines is 2. The van der Waals surface area contributed by atoms with E-state index in [1.807, 2.05) is 18.2 Å². The summed E-state index contributed by atoms with van der Waals surface area (Å²) in [4.78, 5) is 27.1. The summed E-state index contributed by atoms with van der Waals surface area (Å²) >= 11 is 0. The van der Waals surface area contributed by atoms with E-state index in [0.717, 1.165) is 50.3 Å². The van der Waals surface area contributed by atoms with Gasteiger partial charge in [-0.25, -0.2) is 0 Å². The molecular formula is C20H27N3O3. The lowest BCUT2D eigenvalue weighted by atomic mass is 9.85. The minimum Gasteiger partial charge on any atom is -0.378 e. The number of amides is 2. The number of carbonyl (C=O) groups excluding carboxylic acids is 2. The average Bonchev–Trinajstić information content (AvgIpc) is 3.43. The van der Waals surface area contributed by atoms with Crippen molar-refractivity contribution in [2.45, 2.75) is 32.1 Å². The fraction of sp³-hybridized carbons (Fsp3) is 0.600. The van der Waals surface area contributed by atoms with Crippen LogP contribution in [-0.2, 0) is 9.53 Å². The van der Waals surface area contributed by atoms with Crippen LogP contribution in [0.5, 0.6) is 0 Å². The fourth-order valence-electron chi connectivity index (χ4n) is 3.44. The molecule has 0 atom stereocenters. The SMILES string of the molecule is O=C(NCC1CC1)c1ccc(NC(=O)C2CCC2)cc1N1CCOCC1. The first-order valence-corrected chi connectivity index (χ1v) is 9.76. The average molecular weight is 357 g/mol. The van der Waals surface area contributed by atoms with Gasteiger partial charge in [0.15, 0.2) is 0 Å². The Labute approximate surface area is 154 Å². The molecule has 2 amide bonds. The number of rotatable bonds is 6. The number of hydrogen-bond acceptors (Lipinski definition) is 4. The van der Waals surface area contributed by atoms with Crippen LogP contribution >= 0.6 is 0 Å². The van der Waals surface area contributed by atoms with Crippen molar-refractivity contribution in [3.63, 3.8) is 0 Å². The lowest BCUT2D eigenvalue weighted by molar-refractivity contribution is -0.122. The second-order valence-electron chi connectivity index (χ2n) is 7.60. The van der Waals surface area contributed by atoms with Crippen molar-refractivity contribution in [2.75, 3.05) is 43.1 Å². The summed E-state index contributed by atoms with van der Waals surface area (Å²) in [5.41, 5.74) is 2.32. The second kappa shape index (κ2) is 7.66. The van der Waals surface area contributed by atoms with Gasteiger partial charge in [0.05, 0.1) is 24.5 Å². The zero-order chi connectivity index (χ0) is 17.9. The molecule has 3 aliphatic rings. The first-order chi connectivity index (χ1) is 12.7. The van der Waals surface area contributed by atoms with Crippen molar-refractivity contribution in [3.8, 4) is 0 Å². The first-order valence-electron chi connectivity index (χ1n) is 9.76. The van der Waals surface area contributed by atoms with Crippen molar-refractivity contribution < 1.29 is 14.3 Å². The topological polar surface area (TPSA) is 70.7 Å². The summed E-state index contributed by atoms with van der Waals surface area (Å²) in [5.74, 6) is 0.848. The lowest BCUT2D eigenvalue weighted by Crippen LogP contribution is -2.38. The molecular weight excluding hydrogens is 330 g/mol. The van der Waals surface area contributed by atoms with E-state index in [1.54, 1.807) is 0 Å². The van der Waals surface area contributed by atoms with Crippen molar-refractivity contribution >= 4 is 23.2 Å². The van der Waals surface area contributed by atoms with Gasteiger partial charge < -0.3 is 20.3 Å². The third-order valence-corrected chi connectivity index (χ3v) is 5.59. The molecule has 1 aromatic rings. The molecule has 140 valence electrons. The molecule has 0 bridgehead atoms. The van der Waals surface area contributed by atoms with Gasteiger partial charge in [0.25, 0.3) is 5.91 Å². The highest BCUT2D eigenvalue weighted by atomic mass is 16.5. The van der Waals surface area contributed by atoms with Gasteiger partial charge >= 0.3 is 0 Å². The van der Waals surface area contributed by atoms with Gasteiger partial charge in [0.2, 0.25) is 5.91 Å². The molecule has 1 heterocycles. The Morgan fingerprint density at radius 2 is 1.88 bits per heavy atom. The number of hydrogen-bond donors (Lipinski definition) is 2. The first kappa shape index (κ1) is 17.3. The van der Waals surface area contributed by atoms with Crippen LogP contribution < -0.4 is 15.5 Å². The van der Waals surface area contributed by atoms with E-state index >= 15 is 0 Å². The molecule has 3 fully saturated rings. The predicted molar refractivity (Wildman–Crippen MR) is 101 cm³/mol. The highest BCUT2D eigenvalue weighted by Crippen LogP contribution is 2.31. The summed E-state index contributed by atoms with van der Waals surface area (Å²) in [6, 6.07) is 5.61. The Balaban J connectivity index is 1.52. The Morgan fingerprint density at radius 1 is 1.12 bits per heavy atom. The number of nitrogens with one attached hydrogen (secondary N) is 2. The summed E-state index contributed by atoms with van der Waals surface area (Å²) < 4.78 is 5.45. The van der Waals surface area contributed by atoms with E-state index < -0.39 is 0 Å². The molecule has 2 saturated carbocycles. The third-order valence-electron chi connectivity index (χ3n) is 5.59. The lowest BCUT2D eigenvalue weighted by Gasteiger charge is -2.31. The second-order valence-corrected chi connectivity index (χ2v) is 7.60. The molecule has 2 aliphatic carbocycles. The maximum Gasteiger partial charge on any atom is 0.253 e. The molecule has 4 rings (SSSR count). The normalized spacial score (nSPS) is 20.4. The van der Waals surface area contributed by atoms with Gasteiger partial charge in [-0.1, -0.05) is 6.42 Å². The Hall–Kier alpha value is -2.08. The van der Waals surface area contributed by atoms with E-state index in [-0.39, 0.29) is 17.7 Å². The highest BCUT2D eigenvalue weighted by molar-refractivity contribution is 6.01. The Bertz CT molecular complexity index is 677. The summed E-state index contributed by atoms with van der Waals surface area (Å²) in [6.45, 7) is 3.57. The van der Waals surface area contributed by atoms with Gasteiger partial charge in [-0.3, -0.25) is 9.59 Å². The minimum absolute atomic E-state index is 0.0322. The van der Waals surface area contributed by atoms with Gasteiger partial charge in [-0.15, -0.1) is 0 Å². The van der Waals surface area contributed by atoms with E-state index in [0.29, 0.717) is 24.7 Å². The number of ether oxygens (including phenoxy) is 1. The molecule has 0 spiro atoms. The van der Waals surface area contributed by atoms with E-state index in [4.69, 9.17) is 4.74 Å². The molecule has 0 aromatic heterocycles. The van der Waals surface area contributed by atoms with Crippen LogP contribution in [0.3, 0.4) is 0 Å². The van der Waals surface area contributed by atoms with Crippen molar-refractivity contribution in [1.29, 1.82) is 0 Å². The molecule has 0 unspecified atom stereocenters. The van der Waals surface area contributed by atoms with Crippen molar-refractivity contribution in [3.05, 3.63) is 23.8 Å². The van der Waals surface area contributed by atoms with Gasteiger partial charge in [0.1, 0.15) is 0 Å². The monoisotopic (exact) mass is 357 g/mol. The van der Waals surface area contributed by atoms with E-state index in [9.17, 15) is 9.59 Å². The van der Waals surface area contributed by atoms with E-state index in [1.165, 1.54) is 12.8 Å². The largest absolute Gasteiger partial charge is 0.378 e. The van der Waals surface area contributed by atoms with Crippen LogP contribution in [0, 0.1) is 11.8 Å². The van der Waals surface area contributed by atoms with Gasteiger partial charge in [-0.2, -0.15) is 0 Å². The number of benzene rings is 1. The maximum atomic E-state index is 12.7. The Kier molecular flexibility index (Phi) is 5.11. The summed E-state index contributed by atoms with van der Waals surface area (Å²) in [6.07, 6.45) is 5.51. The van der Waals surface area contributed by atoms with Crippen molar-refractivity contribution in [2.24, 2.45) is 11.8 Å². The van der Waals surface area contributed by atoms with Crippen LogP contribution in [-0.4, -0.2) is 44.7 Å². The zero-order valence-corrected chi connectivity index (χ0v) is 15.1. The van der Waals surface area contributed by atoms with Gasteiger partial charge in [-0.05, 0) is 49.8 Å². The summed E-state index contributed by atoms with van der Waals surface area (Å²) in [7, 11) is 0. The van der Waals surface area contributed by atoms with Crippen molar-refractivity contribution in [1.82, 2.24) is 5.32 Å². The number of morpholine rings is 1. The number of carbonyl (C=O) groups is 2. The molecule has 1 aromatic carbocycles. The minimum atomic E-state index is -0.0322. The van der Waals surface area contributed by atoms with Gasteiger partial charge in [0, 0.05) is 31.2 Å². The summed E-state index contributed by atoms with van der Waals surface area (Å²) in [5, 5.41) is 6.07. The third kappa shape index (κ3) is 4.01. The predicted octanol–water partition coefficient (Wildman–Crippen LogP) is 2.40. The van der Waals surface area contributed by atoms with Crippen LogP contribution in [0.1, 0.15) is 42.5 Å². The quantitative estimate of drug-likeness (QED) is 0.820.